The van der Waals surface area contributed by atoms with Crippen molar-refractivity contribution in [2.24, 2.45) is 0 Å². The zero-order valence-corrected chi connectivity index (χ0v) is 11.3. The van der Waals surface area contributed by atoms with Gasteiger partial charge in [0.25, 0.3) is 0 Å². The molecule has 0 radical (unpaired) electrons. The van der Waals surface area contributed by atoms with Crippen molar-refractivity contribution in [2.75, 3.05) is 0 Å². The monoisotopic (exact) mass is 295 g/mol. The number of hydrogen-bond donors (Lipinski definition) is 0. The van der Waals surface area contributed by atoms with E-state index in [9.17, 15) is 0 Å². The Kier molecular flexibility index (Phi) is 3.56. The summed E-state index contributed by atoms with van der Waals surface area (Å²) in [6.07, 6.45) is 3.61. The van der Waals surface area contributed by atoms with Gasteiger partial charge in [0.05, 0.1) is 5.69 Å². The van der Waals surface area contributed by atoms with Gasteiger partial charge in [-0.15, -0.1) is 0 Å². The maximum atomic E-state index is 4.43. The van der Waals surface area contributed by atoms with Gasteiger partial charge in [0.2, 0.25) is 0 Å². The van der Waals surface area contributed by atoms with Gasteiger partial charge in [-0.2, -0.15) is 0 Å². The summed E-state index contributed by atoms with van der Waals surface area (Å²) in [5.74, 6) is 0. The highest BCUT2D eigenvalue weighted by Crippen LogP contribution is 2.24. The fraction of sp³-hybridized carbons (Fsp3) is 0.182. The summed E-state index contributed by atoms with van der Waals surface area (Å²) in [5, 5.41) is 1.63. The van der Waals surface area contributed by atoms with Gasteiger partial charge in [-0.25, -0.2) is 15.0 Å². The molecule has 3 nitrogen and oxygen atoms in total. The van der Waals surface area contributed by atoms with Crippen LogP contribution in [0.5, 0.6) is 0 Å². The first-order chi connectivity index (χ1) is 7.65. The van der Waals surface area contributed by atoms with Gasteiger partial charge in [-0.05, 0) is 59.2 Å². The molecule has 0 spiro atoms. The van der Waals surface area contributed by atoms with E-state index < -0.39 is 0 Å². The Hall–Kier alpha value is -0.940. The van der Waals surface area contributed by atoms with Crippen molar-refractivity contribution in [3.8, 4) is 0 Å². The summed E-state index contributed by atoms with van der Waals surface area (Å²) < 4.78 is 1.02. The molecule has 16 heavy (non-hydrogen) atoms. The van der Waals surface area contributed by atoms with Gasteiger partial charge < -0.3 is 0 Å². The lowest BCUT2D eigenvalue weighted by atomic mass is 10.4. The Morgan fingerprint density at radius 2 is 1.81 bits per heavy atom. The molecule has 0 saturated carbocycles. The first-order valence-electron chi connectivity index (χ1n) is 4.75. The lowest BCUT2D eigenvalue weighted by molar-refractivity contribution is 0.941. The summed E-state index contributed by atoms with van der Waals surface area (Å²) in [4.78, 5) is 12.9. The van der Waals surface area contributed by atoms with Gasteiger partial charge in [-0.3, -0.25) is 0 Å². The molecule has 0 atom stereocenters. The predicted molar refractivity (Wildman–Crippen MR) is 67.6 cm³/mol. The van der Waals surface area contributed by atoms with Gasteiger partial charge >= 0.3 is 0 Å². The number of pyridine rings is 1. The molecule has 0 aromatic carbocycles. The molecule has 2 aromatic heterocycles. The molecular weight excluding hydrogens is 286 g/mol. The van der Waals surface area contributed by atoms with Crippen LogP contribution in [0.1, 0.15) is 11.3 Å². The minimum absolute atomic E-state index is 0.722. The second kappa shape index (κ2) is 4.93. The molecule has 0 aliphatic carbocycles. The molecular formula is C11H10BrN3S. The molecule has 0 bridgehead atoms. The lowest BCUT2D eigenvalue weighted by Gasteiger charge is -2.02. The third kappa shape index (κ3) is 2.80. The molecule has 0 aliphatic rings. The number of rotatable bonds is 2. The smallest absolute Gasteiger partial charge is 0.193 e. The highest BCUT2D eigenvalue weighted by molar-refractivity contribution is 9.10. The topological polar surface area (TPSA) is 38.7 Å². The van der Waals surface area contributed by atoms with Crippen LogP contribution in [0, 0.1) is 13.8 Å². The van der Waals surface area contributed by atoms with Crippen LogP contribution in [0.25, 0.3) is 0 Å². The number of aryl methyl sites for hydroxylation is 2. The Morgan fingerprint density at radius 1 is 1.12 bits per heavy atom. The minimum Gasteiger partial charge on any atom is -0.245 e. The van der Waals surface area contributed by atoms with Gasteiger partial charge in [0, 0.05) is 16.9 Å². The van der Waals surface area contributed by atoms with E-state index in [4.69, 9.17) is 0 Å². The van der Waals surface area contributed by atoms with Gasteiger partial charge in [0.1, 0.15) is 5.03 Å². The molecule has 2 aromatic rings. The van der Waals surface area contributed by atoms with Gasteiger partial charge in [0.15, 0.2) is 5.16 Å². The van der Waals surface area contributed by atoms with Crippen LogP contribution in [0.4, 0.5) is 0 Å². The van der Waals surface area contributed by atoms with Crippen molar-refractivity contribution in [1.82, 2.24) is 15.0 Å². The fourth-order valence-electron chi connectivity index (χ4n) is 1.10. The van der Waals surface area contributed by atoms with Crippen molar-refractivity contribution >= 4 is 27.7 Å². The van der Waals surface area contributed by atoms with Crippen molar-refractivity contribution in [3.63, 3.8) is 0 Å². The molecule has 0 fully saturated rings. The molecule has 0 aliphatic heterocycles. The zero-order chi connectivity index (χ0) is 11.5. The maximum absolute atomic E-state index is 4.43. The van der Waals surface area contributed by atoms with Crippen molar-refractivity contribution in [3.05, 3.63) is 40.3 Å². The molecule has 0 N–H and O–H groups in total. The maximum Gasteiger partial charge on any atom is 0.193 e. The van der Waals surface area contributed by atoms with Crippen molar-refractivity contribution < 1.29 is 0 Å². The van der Waals surface area contributed by atoms with Crippen LogP contribution in [-0.4, -0.2) is 15.0 Å². The molecule has 82 valence electrons. The van der Waals surface area contributed by atoms with Crippen LogP contribution in [0.15, 0.2) is 39.2 Å². The van der Waals surface area contributed by atoms with Crippen molar-refractivity contribution in [1.29, 1.82) is 0 Å². The predicted octanol–water partition coefficient (Wildman–Crippen LogP) is 3.40. The second-order valence-electron chi connectivity index (χ2n) is 3.36. The van der Waals surface area contributed by atoms with E-state index in [1.165, 1.54) is 11.8 Å². The summed E-state index contributed by atoms with van der Waals surface area (Å²) >= 11 is 4.89. The highest BCUT2D eigenvalue weighted by Gasteiger charge is 2.03. The summed E-state index contributed by atoms with van der Waals surface area (Å²) in [6, 6.07) is 3.93. The molecule has 5 heteroatoms. The minimum atomic E-state index is 0.722. The molecule has 0 unspecified atom stereocenters. The van der Waals surface area contributed by atoms with Crippen LogP contribution in [0.2, 0.25) is 0 Å². The lowest BCUT2D eigenvalue weighted by Crippen LogP contribution is -1.89. The average Bonchev–Trinajstić information content (AvgIpc) is 2.27. The first kappa shape index (κ1) is 11.5. The highest BCUT2D eigenvalue weighted by atomic mass is 79.9. The van der Waals surface area contributed by atoms with Gasteiger partial charge in [-0.1, -0.05) is 0 Å². The van der Waals surface area contributed by atoms with E-state index in [0.29, 0.717) is 0 Å². The van der Waals surface area contributed by atoms with Crippen LogP contribution >= 0.6 is 27.7 Å². The normalized spacial score (nSPS) is 10.4. The zero-order valence-electron chi connectivity index (χ0n) is 8.94. The van der Waals surface area contributed by atoms with Crippen molar-refractivity contribution in [2.45, 2.75) is 24.0 Å². The van der Waals surface area contributed by atoms with E-state index in [-0.39, 0.29) is 0 Å². The van der Waals surface area contributed by atoms with Crippen LogP contribution in [-0.2, 0) is 0 Å². The van der Waals surface area contributed by atoms with E-state index >= 15 is 0 Å². The number of nitrogens with zero attached hydrogens (tertiary/aromatic N) is 3. The third-order valence-corrected chi connectivity index (χ3v) is 3.62. The number of halogens is 1. The molecule has 2 rings (SSSR count). The van der Waals surface area contributed by atoms with Crippen LogP contribution in [0.3, 0.4) is 0 Å². The van der Waals surface area contributed by atoms with E-state index in [0.717, 1.165) is 25.9 Å². The second-order valence-corrected chi connectivity index (χ2v) is 5.20. The van der Waals surface area contributed by atoms with E-state index in [1.807, 2.05) is 26.0 Å². The largest absolute Gasteiger partial charge is 0.245 e. The molecule has 2 heterocycles. The van der Waals surface area contributed by atoms with E-state index in [2.05, 4.69) is 30.9 Å². The first-order valence-corrected chi connectivity index (χ1v) is 6.36. The Morgan fingerprint density at radius 3 is 2.44 bits per heavy atom. The van der Waals surface area contributed by atoms with Crippen LogP contribution < -0.4 is 0 Å². The Bertz CT molecular complexity index is 499. The van der Waals surface area contributed by atoms with E-state index in [1.54, 1.807) is 12.4 Å². The molecule has 0 amide bonds. The number of aromatic nitrogens is 3. The Balaban J connectivity index is 2.20. The fourth-order valence-corrected chi connectivity index (χ4v) is 2.04. The summed E-state index contributed by atoms with van der Waals surface area (Å²) in [6.45, 7) is 3.93. The Labute approximate surface area is 107 Å². The SMILES string of the molecule is Cc1cnc(Sc2ccc(Br)c(C)n2)nc1. The quantitative estimate of drug-likeness (QED) is 0.796. The molecule has 0 saturated heterocycles. The average molecular weight is 296 g/mol. The number of hydrogen-bond acceptors (Lipinski definition) is 4. The third-order valence-electron chi connectivity index (χ3n) is 1.95. The standard InChI is InChI=1S/C11H10BrN3S/c1-7-5-13-11(14-6-7)16-10-4-3-9(12)8(2)15-10/h3-6H,1-2H3. The summed E-state index contributed by atoms with van der Waals surface area (Å²) in [5.41, 5.74) is 2.03. The summed E-state index contributed by atoms with van der Waals surface area (Å²) in [7, 11) is 0.